The number of carbonyl (C=O) groups is 1. The third-order valence-electron chi connectivity index (χ3n) is 3.69. The Balaban J connectivity index is 2.47. The molecular formula is C19H22N2O3S. The Kier molecular flexibility index (Phi) is 5.64. The maximum absolute atomic E-state index is 13.1. The molecular weight excluding hydrogens is 336 g/mol. The molecule has 1 N–H and O–H groups in total. The minimum atomic E-state index is -3.75. The lowest BCUT2D eigenvalue weighted by Crippen LogP contribution is -2.31. The first-order valence-corrected chi connectivity index (χ1v) is 9.28. The van der Waals surface area contributed by atoms with Gasteiger partial charge in [0.2, 0.25) is 5.91 Å². The van der Waals surface area contributed by atoms with Gasteiger partial charge in [-0.25, -0.2) is 8.42 Å². The van der Waals surface area contributed by atoms with Crippen LogP contribution < -0.4 is 9.62 Å². The Bertz CT molecular complexity index is 887. The molecule has 0 spiro atoms. The molecule has 2 aromatic rings. The monoisotopic (exact) mass is 358 g/mol. The zero-order chi connectivity index (χ0) is 18.6. The van der Waals surface area contributed by atoms with Gasteiger partial charge in [0, 0.05) is 12.6 Å². The predicted octanol–water partition coefficient (Wildman–Crippen LogP) is 3.64. The van der Waals surface area contributed by atoms with Crippen LogP contribution in [0.3, 0.4) is 0 Å². The highest BCUT2D eigenvalue weighted by molar-refractivity contribution is 7.92. The number of aryl methyl sites for hydroxylation is 2. The number of nitrogens with one attached hydrogen (secondary N) is 1. The van der Waals surface area contributed by atoms with Crippen LogP contribution in [-0.4, -0.2) is 20.9 Å². The Morgan fingerprint density at radius 3 is 2.36 bits per heavy atom. The van der Waals surface area contributed by atoms with Gasteiger partial charge in [-0.15, -0.1) is 6.58 Å². The van der Waals surface area contributed by atoms with Crippen molar-refractivity contribution in [3.63, 3.8) is 0 Å². The van der Waals surface area contributed by atoms with Crippen molar-refractivity contribution in [2.24, 2.45) is 0 Å². The highest BCUT2D eigenvalue weighted by Crippen LogP contribution is 2.28. The summed E-state index contributed by atoms with van der Waals surface area (Å²) in [6, 6.07) is 11.8. The molecule has 0 bridgehead atoms. The quantitative estimate of drug-likeness (QED) is 0.802. The van der Waals surface area contributed by atoms with Gasteiger partial charge in [0.15, 0.2) is 0 Å². The van der Waals surface area contributed by atoms with Crippen molar-refractivity contribution < 1.29 is 13.2 Å². The summed E-state index contributed by atoms with van der Waals surface area (Å²) in [5.41, 5.74) is 3.02. The molecule has 2 aromatic carbocycles. The van der Waals surface area contributed by atoms with E-state index < -0.39 is 10.0 Å². The number of sulfonamides is 1. The lowest BCUT2D eigenvalue weighted by atomic mass is 10.1. The van der Waals surface area contributed by atoms with Crippen LogP contribution in [0.2, 0.25) is 0 Å². The Morgan fingerprint density at radius 2 is 1.80 bits per heavy atom. The lowest BCUT2D eigenvalue weighted by molar-refractivity contribution is -0.114. The van der Waals surface area contributed by atoms with Gasteiger partial charge in [-0.3, -0.25) is 9.10 Å². The summed E-state index contributed by atoms with van der Waals surface area (Å²) >= 11 is 0. The molecule has 0 heterocycles. The maximum atomic E-state index is 13.1. The number of hydrogen-bond donors (Lipinski definition) is 1. The third kappa shape index (κ3) is 4.28. The Morgan fingerprint density at radius 1 is 1.16 bits per heavy atom. The van der Waals surface area contributed by atoms with Crippen molar-refractivity contribution in [2.45, 2.75) is 25.7 Å². The summed E-state index contributed by atoms with van der Waals surface area (Å²) in [5, 5.41) is 2.62. The van der Waals surface area contributed by atoms with Gasteiger partial charge < -0.3 is 5.32 Å². The van der Waals surface area contributed by atoms with Crippen LogP contribution in [0.25, 0.3) is 0 Å². The summed E-state index contributed by atoms with van der Waals surface area (Å²) in [7, 11) is -3.75. The lowest BCUT2D eigenvalue weighted by Gasteiger charge is -2.25. The molecule has 0 saturated carbocycles. The normalized spacial score (nSPS) is 11.0. The molecule has 0 aliphatic rings. The van der Waals surface area contributed by atoms with Crippen molar-refractivity contribution in [1.29, 1.82) is 0 Å². The van der Waals surface area contributed by atoms with Crippen LogP contribution >= 0.6 is 0 Å². The molecule has 1 amide bonds. The highest BCUT2D eigenvalue weighted by Gasteiger charge is 2.25. The van der Waals surface area contributed by atoms with Gasteiger partial charge >= 0.3 is 0 Å². The van der Waals surface area contributed by atoms with Crippen LogP contribution in [-0.2, 0) is 14.8 Å². The first kappa shape index (κ1) is 18.7. The average Bonchev–Trinajstić information content (AvgIpc) is 2.55. The fraction of sp³-hybridized carbons (Fsp3) is 0.211. The Labute approximate surface area is 149 Å². The smallest absolute Gasteiger partial charge is 0.264 e. The topological polar surface area (TPSA) is 66.5 Å². The van der Waals surface area contributed by atoms with Gasteiger partial charge in [0.25, 0.3) is 10.0 Å². The number of anilines is 2. The first-order chi connectivity index (χ1) is 11.8. The van der Waals surface area contributed by atoms with E-state index in [1.807, 2.05) is 32.0 Å². The van der Waals surface area contributed by atoms with Gasteiger partial charge in [0.05, 0.1) is 17.1 Å². The van der Waals surface area contributed by atoms with Crippen molar-refractivity contribution in [3.8, 4) is 0 Å². The number of carbonyl (C=O) groups excluding carboxylic acids is 1. The first-order valence-electron chi connectivity index (χ1n) is 7.84. The molecule has 5 nitrogen and oxygen atoms in total. The van der Waals surface area contributed by atoms with Crippen molar-refractivity contribution >= 4 is 27.3 Å². The van der Waals surface area contributed by atoms with E-state index in [-0.39, 0.29) is 17.3 Å². The van der Waals surface area contributed by atoms with E-state index in [4.69, 9.17) is 0 Å². The van der Waals surface area contributed by atoms with Crippen LogP contribution in [0.1, 0.15) is 18.1 Å². The van der Waals surface area contributed by atoms with Crippen LogP contribution in [0.5, 0.6) is 0 Å². The molecule has 0 aliphatic carbocycles. The van der Waals surface area contributed by atoms with Crippen molar-refractivity contribution in [1.82, 2.24) is 0 Å². The standard InChI is InChI=1S/C19H22N2O3S/c1-5-12-21(19-13-14(2)6-7-15(19)3)25(23,24)18-10-8-17(9-11-18)20-16(4)22/h5-11,13H,1,12H2,2-4H3,(H,20,22). The predicted molar refractivity (Wildman–Crippen MR) is 101 cm³/mol. The van der Waals surface area contributed by atoms with Crippen molar-refractivity contribution in [2.75, 3.05) is 16.2 Å². The van der Waals surface area contributed by atoms with Gasteiger partial charge in [-0.2, -0.15) is 0 Å². The molecule has 6 heteroatoms. The number of rotatable bonds is 6. The molecule has 0 unspecified atom stereocenters. The minimum Gasteiger partial charge on any atom is -0.326 e. The molecule has 0 saturated heterocycles. The Hall–Kier alpha value is -2.60. The number of nitrogens with zero attached hydrogens (tertiary/aromatic N) is 1. The molecule has 0 aliphatic heterocycles. The van der Waals surface area contributed by atoms with E-state index in [0.29, 0.717) is 11.4 Å². The van der Waals surface area contributed by atoms with E-state index in [1.165, 1.54) is 23.4 Å². The summed E-state index contributed by atoms with van der Waals surface area (Å²) < 4.78 is 27.6. The zero-order valence-electron chi connectivity index (χ0n) is 14.6. The molecule has 0 fully saturated rings. The van der Waals surface area contributed by atoms with Crippen LogP contribution in [0.15, 0.2) is 60.0 Å². The fourth-order valence-corrected chi connectivity index (χ4v) is 3.96. The number of benzene rings is 2. The van der Waals surface area contributed by atoms with E-state index in [0.717, 1.165) is 11.1 Å². The molecule has 132 valence electrons. The largest absolute Gasteiger partial charge is 0.326 e. The molecule has 0 radical (unpaired) electrons. The van der Waals surface area contributed by atoms with E-state index >= 15 is 0 Å². The summed E-state index contributed by atoms with van der Waals surface area (Å²) in [6.45, 7) is 9.04. The van der Waals surface area contributed by atoms with Crippen molar-refractivity contribution in [3.05, 3.63) is 66.2 Å². The summed E-state index contributed by atoms with van der Waals surface area (Å²) in [6.07, 6.45) is 1.56. The van der Waals surface area contributed by atoms with Crippen LogP contribution in [0.4, 0.5) is 11.4 Å². The number of hydrogen-bond acceptors (Lipinski definition) is 3. The maximum Gasteiger partial charge on any atom is 0.264 e. The highest BCUT2D eigenvalue weighted by atomic mass is 32.2. The van der Waals surface area contributed by atoms with E-state index in [1.54, 1.807) is 18.2 Å². The summed E-state index contributed by atoms with van der Waals surface area (Å²) in [5.74, 6) is -0.209. The number of amides is 1. The summed E-state index contributed by atoms with van der Waals surface area (Å²) in [4.78, 5) is 11.3. The fourth-order valence-electron chi connectivity index (χ4n) is 2.47. The van der Waals surface area contributed by atoms with Gasteiger partial charge in [-0.1, -0.05) is 18.2 Å². The molecule has 2 rings (SSSR count). The second-order valence-electron chi connectivity index (χ2n) is 5.82. The van der Waals surface area contributed by atoms with Crippen LogP contribution in [0, 0.1) is 13.8 Å². The zero-order valence-corrected chi connectivity index (χ0v) is 15.4. The van der Waals surface area contributed by atoms with E-state index in [2.05, 4.69) is 11.9 Å². The minimum absolute atomic E-state index is 0.157. The van der Waals surface area contributed by atoms with Gasteiger partial charge in [0.1, 0.15) is 0 Å². The molecule has 0 aromatic heterocycles. The SMILES string of the molecule is C=CCN(c1cc(C)ccc1C)S(=O)(=O)c1ccc(NC(C)=O)cc1. The molecule has 25 heavy (non-hydrogen) atoms. The second kappa shape index (κ2) is 7.53. The van der Waals surface area contributed by atoms with E-state index in [9.17, 15) is 13.2 Å². The third-order valence-corrected chi connectivity index (χ3v) is 5.48. The molecule has 0 atom stereocenters. The average molecular weight is 358 g/mol. The van der Waals surface area contributed by atoms with Gasteiger partial charge in [-0.05, 0) is 55.3 Å². The second-order valence-corrected chi connectivity index (χ2v) is 7.68.